The van der Waals surface area contributed by atoms with Gasteiger partial charge in [-0.05, 0) is 56.2 Å². The Morgan fingerprint density at radius 1 is 1.36 bits per heavy atom. The highest BCUT2D eigenvalue weighted by molar-refractivity contribution is 6.31. The Morgan fingerprint density at radius 3 is 2.73 bits per heavy atom. The Bertz CT molecular complexity index is 499. The second-order valence-electron chi connectivity index (χ2n) is 5.86. The predicted octanol–water partition coefficient (Wildman–Crippen LogP) is 3.41. The van der Waals surface area contributed by atoms with Crippen molar-refractivity contribution in [3.05, 3.63) is 28.8 Å². The first-order valence-electron chi connectivity index (χ1n) is 7.98. The number of hydrogen-bond acceptors (Lipinski definition) is 3. The van der Waals surface area contributed by atoms with Crippen molar-refractivity contribution in [3.63, 3.8) is 0 Å². The monoisotopic (exact) mass is 325 g/mol. The van der Waals surface area contributed by atoms with E-state index in [1.807, 2.05) is 6.92 Å². The first kappa shape index (κ1) is 17.1. The van der Waals surface area contributed by atoms with Crippen molar-refractivity contribution in [1.29, 1.82) is 0 Å². The Hall–Kier alpha value is -1.26. The molecule has 1 saturated carbocycles. The largest absolute Gasteiger partial charge is 0.493 e. The van der Waals surface area contributed by atoms with Gasteiger partial charge in [-0.2, -0.15) is 0 Å². The van der Waals surface area contributed by atoms with Crippen LogP contribution in [0.4, 0.5) is 0 Å². The fourth-order valence-corrected chi connectivity index (χ4v) is 2.94. The number of nitrogens with one attached hydrogen (secondary N) is 1. The average molecular weight is 326 g/mol. The molecule has 0 heterocycles. The minimum atomic E-state index is -0.138. The zero-order valence-electron chi connectivity index (χ0n) is 13.0. The molecule has 1 aliphatic rings. The molecule has 1 aliphatic carbocycles. The molecule has 2 N–H and O–H groups in total. The predicted molar refractivity (Wildman–Crippen MR) is 87.5 cm³/mol. The van der Waals surface area contributed by atoms with E-state index >= 15 is 0 Å². The third kappa shape index (κ3) is 4.62. The number of amides is 1. The zero-order chi connectivity index (χ0) is 15.9. The van der Waals surface area contributed by atoms with E-state index in [2.05, 4.69) is 5.32 Å². The van der Waals surface area contributed by atoms with Crippen molar-refractivity contribution in [2.45, 2.75) is 45.1 Å². The Labute approximate surface area is 136 Å². The van der Waals surface area contributed by atoms with Crippen LogP contribution in [-0.4, -0.2) is 30.3 Å². The molecule has 22 heavy (non-hydrogen) atoms. The van der Waals surface area contributed by atoms with Gasteiger partial charge in [0.15, 0.2) is 0 Å². The third-order valence-corrected chi connectivity index (χ3v) is 4.32. The van der Waals surface area contributed by atoms with Crippen LogP contribution in [-0.2, 0) is 0 Å². The molecular weight excluding hydrogens is 302 g/mol. The summed E-state index contributed by atoms with van der Waals surface area (Å²) in [5.41, 5.74) is 0.491. The highest BCUT2D eigenvalue weighted by Gasteiger charge is 2.23. The number of halogens is 1. The maximum absolute atomic E-state index is 12.5. The summed E-state index contributed by atoms with van der Waals surface area (Å²) < 4.78 is 5.63. The molecule has 0 aliphatic heterocycles. The SMILES string of the molecule is CCCOc1ccc(Cl)cc1C(=O)NC1CCC(CO)CC1. The molecule has 4 nitrogen and oxygen atoms in total. The number of benzene rings is 1. The molecule has 0 saturated heterocycles. The van der Waals surface area contributed by atoms with Gasteiger partial charge in [-0.15, -0.1) is 0 Å². The van der Waals surface area contributed by atoms with Crippen molar-refractivity contribution in [2.75, 3.05) is 13.2 Å². The minimum Gasteiger partial charge on any atom is -0.493 e. The molecule has 0 spiro atoms. The van der Waals surface area contributed by atoms with Crippen LogP contribution in [0.3, 0.4) is 0 Å². The molecule has 1 aromatic carbocycles. The van der Waals surface area contributed by atoms with E-state index in [1.54, 1.807) is 18.2 Å². The van der Waals surface area contributed by atoms with E-state index in [4.69, 9.17) is 21.4 Å². The molecule has 1 aromatic rings. The highest BCUT2D eigenvalue weighted by Crippen LogP contribution is 2.26. The van der Waals surface area contributed by atoms with E-state index in [-0.39, 0.29) is 18.6 Å². The Balaban J connectivity index is 2.01. The van der Waals surface area contributed by atoms with Crippen LogP contribution >= 0.6 is 11.6 Å². The van der Waals surface area contributed by atoms with Gasteiger partial charge >= 0.3 is 0 Å². The molecular formula is C17H24ClNO3. The summed E-state index contributed by atoms with van der Waals surface area (Å²) in [7, 11) is 0. The zero-order valence-corrected chi connectivity index (χ0v) is 13.7. The number of aliphatic hydroxyl groups is 1. The van der Waals surface area contributed by atoms with Crippen LogP contribution in [0.25, 0.3) is 0 Å². The van der Waals surface area contributed by atoms with Gasteiger partial charge in [0.2, 0.25) is 0 Å². The summed E-state index contributed by atoms with van der Waals surface area (Å²) in [4.78, 5) is 12.5. The smallest absolute Gasteiger partial charge is 0.255 e. The molecule has 122 valence electrons. The second kappa shape index (κ2) is 8.39. The van der Waals surface area contributed by atoms with Crippen LogP contribution in [0.1, 0.15) is 49.4 Å². The molecule has 0 aromatic heterocycles. The molecule has 2 rings (SSSR count). The normalized spacial score (nSPS) is 21.4. The van der Waals surface area contributed by atoms with Crippen molar-refractivity contribution >= 4 is 17.5 Å². The topological polar surface area (TPSA) is 58.6 Å². The molecule has 1 amide bonds. The van der Waals surface area contributed by atoms with Crippen molar-refractivity contribution in [3.8, 4) is 5.75 Å². The number of carbonyl (C=O) groups excluding carboxylic acids is 1. The highest BCUT2D eigenvalue weighted by atomic mass is 35.5. The lowest BCUT2D eigenvalue weighted by atomic mass is 9.86. The van der Waals surface area contributed by atoms with Gasteiger partial charge in [-0.3, -0.25) is 4.79 Å². The number of rotatable bonds is 6. The minimum absolute atomic E-state index is 0.138. The van der Waals surface area contributed by atoms with Crippen LogP contribution < -0.4 is 10.1 Å². The van der Waals surface area contributed by atoms with Gasteiger partial charge in [0.1, 0.15) is 5.75 Å². The molecule has 0 bridgehead atoms. The first-order valence-corrected chi connectivity index (χ1v) is 8.36. The van der Waals surface area contributed by atoms with Crippen molar-refractivity contribution < 1.29 is 14.6 Å². The number of ether oxygens (including phenoxy) is 1. The van der Waals surface area contributed by atoms with Gasteiger partial charge < -0.3 is 15.2 Å². The van der Waals surface area contributed by atoms with Gasteiger partial charge in [0.05, 0.1) is 12.2 Å². The van der Waals surface area contributed by atoms with E-state index < -0.39 is 0 Å². The van der Waals surface area contributed by atoms with E-state index in [9.17, 15) is 4.79 Å². The Morgan fingerprint density at radius 2 is 2.09 bits per heavy atom. The number of hydrogen-bond donors (Lipinski definition) is 2. The number of carbonyl (C=O) groups is 1. The van der Waals surface area contributed by atoms with Crippen LogP contribution in [0.5, 0.6) is 5.75 Å². The molecule has 5 heteroatoms. The standard InChI is InChI=1S/C17H24ClNO3/c1-2-9-22-16-8-5-13(18)10-15(16)17(21)19-14-6-3-12(11-20)4-7-14/h5,8,10,12,14,20H,2-4,6-7,9,11H2,1H3,(H,19,21). The van der Waals surface area contributed by atoms with E-state index in [0.29, 0.717) is 28.9 Å². The summed E-state index contributed by atoms with van der Waals surface area (Å²) in [6.45, 7) is 2.84. The van der Waals surface area contributed by atoms with Gasteiger partial charge in [-0.25, -0.2) is 0 Å². The lowest BCUT2D eigenvalue weighted by molar-refractivity contribution is 0.0910. The fraction of sp³-hybridized carbons (Fsp3) is 0.588. The summed E-state index contributed by atoms with van der Waals surface area (Å²) in [6, 6.07) is 5.29. The third-order valence-electron chi connectivity index (χ3n) is 4.09. The van der Waals surface area contributed by atoms with Crippen LogP contribution in [0.2, 0.25) is 5.02 Å². The first-order chi connectivity index (χ1) is 10.6. The van der Waals surface area contributed by atoms with Gasteiger partial charge in [0, 0.05) is 17.7 Å². The summed E-state index contributed by atoms with van der Waals surface area (Å²) in [5.74, 6) is 0.816. The summed E-state index contributed by atoms with van der Waals surface area (Å²) >= 11 is 6.01. The Kier molecular flexibility index (Phi) is 6.52. The second-order valence-corrected chi connectivity index (χ2v) is 6.30. The van der Waals surface area contributed by atoms with Crippen molar-refractivity contribution in [1.82, 2.24) is 5.32 Å². The molecule has 1 fully saturated rings. The average Bonchev–Trinajstić information content (AvgIpc) is 2.54. The van der Waals surface area contributed by atoms with Crippen molar-refractivity contribution in [2.24, 2.45) is 5.92 Å². The maximum atomic E-state index is 12.5. The van der Waals surface area contributed by atoms with Crippen LogP contribution in [0.15, 0.2) is 18.2 Å². The lowest BCUT2D eigenvalue weighted by Gasteiger charge is -2.28. The van der Waals surface area contributed by atoms with Crippen LogP contribution in [0, 0.1) is 5.92 Å². The van der Waals surface area contributed by atoms with Gasteiger partial charge in [0.25, 0.3) is 5.91 Å². The molecule has 0 atom stereocenters. The maximum Gasteiger partial charge on any atom is 0.255 e. The molecule has 0 radical (unpaired) electrons. The summed E-state index contributed by atoms with van der Waals surface area (Å²) in [5, 5.41) is 12.8. The van der Waals surface area contributed by atoms with Gasteiger partial charge in [-0.1, -0.05) is 18.5 Å². The lowest BCUT2D eigenvalue weighted by Crippen LogP contribution is -2.38. The van der Waals surface area contributed by atoms with E-state index in [1.165, 1.54) is 0 Å². The fourth-order valence-electron chi connectivity index (χ4n) is 2.77. The summed E-state index contributed by atoms with van der Waals surface area (Å²) in [6.07, 6.45) is 4.60. The van der Waals surface area contributed by atoms with E-state index in [0.717, 1.165) is 32.1 Å². The quantitative estimate of drug-likeness (QED) is 0.842. The molecule has 0 unspecified atom stereocenters. The number of aliphatic hydroxyl groups excluding tert-OH is 1.